The van der Waals surface area contributed by atoms with Gasteiger partial charge in [0, 0.05) is 65.1 Å². The maximum Gasteiger partial charge on any atom is 0.308 e. The lowest BCUT2D eigenvalue weighted by Gasteiger charge is -2.22. The van der Waals surface area contributed by atoms with E-state index < -0.39 is 0 Å². The van der Waals surface area contributed by atoms with E-state index in [0.29, 0.717) is 11.5 Å². The summed E-state index contributed by atoms with van der Waals surface area (Å²) in [4.78, 5) is 23.0. The summed E-state index contributed by atoms with van der Waals surface area (Å²) in [6.45, 7) is 10.3. The summed E-state index contributed by atoms with van der Waals surface area (Å²) in [5, 5.41) is 0. The lowest BCUT2D eigenvalue weighted by molar-refractivity contribution is -0.132. The molecule has 28 heavy (non-hydrogen) atoms. The molecule has 0 aliphatic carbocycles. The zero-order valence-electron chi connectivity index (χ0n) is 16.1. The van der Waals surface area contributed by atoms with Gasteiger partial charge in [0.15, 0.2) is 0 Å². The van der Waals surface area contributed by atoms with Gasteiger partial charge in [0.2, 0.25) is 0 Å². The smallest absolute Gasteiger partial charge is 0.308 e. The Balaban J connectivity index is 2.90. The van der Waals surface area contributed by atoms with E-state index in [2.05, 4.69) is 63.7 Å². The molecule has 0 amide bonds. The van der Waals surface area contributed by atoms with Crippen LogP contribution in [0.5, 0.6) is 11.5 Å². The standard InChI is InChI=1S/C20H18Br4O4/c1-7-15(21)13(16(22)8(2)19(7)27-11(5)25)14-17(23)9(3)20(28-12(6)26)10(4)18(14)24/h1-6H3. The van der Waals surface area contributed by atoms with Crippen LogP contribution < -0.4 is 9.47 Å². The average molecular weight is 642 g/mol. The molecule has 0 heterocycles. The molecule has 0 bridgehead atoms. The molecule has 0 fully saturated rings. The van der Waals surface area contributed by atoms with Crippen LogP contribution in [0.1, 0.15) is 36.1 Å². The molecule has 0 aliphatic rings. The first kappa shape index (κ1) is 23.6. The molecule has 2 aromatic rings. The predicted molar refractivity (Wildman–Crippen MR) is 124 cm³/mol. The Morgan fingerprint density at radius 3 is 0.964 bits per heavy atom. The van der Waals surface area contributed by atoms with Gasteiger partial charge >= 0.3 is 11.9 Å². The quantitative estimate of drug-likeness (QED) is 0.258. The van der Waals surface area contributed by atoms with Crippen molar-refractivity contribution in [3.05, 3.63) is 40.1 Å². The number of carbonyl (C=O) groups is 2. The Morgan fingerprint density at radius 2 is 0.786 bits per heavy atom. The summed E-state index contributed by atoms with van der Waals surface area (Å²) in [6.07, 6.45) is 0. The van der Waals surface area contributed by atoms with Crippen LogP contribution in [-0.4, -0.2) is 11.9 Å². The lowest BCUT2D eigenvalue weighted by Crippen LogP contribution is -2.08. The van der Waals surface area contributed by atoms with Crippen LogP contribution in [-0.2, 0) is 9.59 Å². The highest BCUT2D eigenvalue weighted by Crippen LogP contribution is 2.52. The molecule has 0 atom stereocenters. The normalized spacial score (nSPS) is 10.8. The SMILES string of the molecule is CC(=O)Oc1c(C)c(Br)c(-c2c(Br)c(C)c(OC(C)=O)c(C)c2Br)c(Br)c1C. The minimum Gasteiger partial charge on any atom is -0.426 e. The fraction of sp³-hybridized carbons (Fsp3) is 0.300. The van der Waals surface area contributed by atoms with Crippen LogP contribution >= 0.6 is 63.7 Å². The van der Waals surface area contributed by atoms with Crippen LogP contribution in [0.15, 0.2) is 17.9 Å². The van der Waals surface area contributed by atoms with Crippen molar-refractivity contribution < 1.29 is 19.1 Å². The first-order chi connectivity index (χ1) is 12.9. The van der Waals surface area contributed by atoms with Gasteiger partial charge in [-0.3, -0.25) is 9.59 Å². The summed E-state index contributed by atoms with van der Waals surface area (Å²) in [5.41, 5.74) is 5.02. The highest BCUT2D eigenvalue weighted by Gasteiger charge is 2.26. The summed E-state index contributed by atoms with van der Waals surface area (Å²) < 4.78 is 14.0. The van der Waals surface area contributed by atoms with Gasteiger partial charge in [-0.1, -0.05) is 0 Å². The number of benzene rings is 2. The third-order valence-corrected chi connectivity index (χ3v) is 8.26. The van der Waals surface area contributed by atoms with Gasteiger partial charge in [0.1, 0.15) is 11.5 Å². The van der Waals surface area contributed by atoms with E-state index in [1.54, 1.807) is 0 Å². The Bertz CT molecular complexity index is 873. The molecule has 0 spiro atoms. The third kappa shape index (κ3) is 4.25. The van der Waals surface area contributed by atoms with Crippen LogP contribution in [0.25, 0.3) is 11.1 Å². The van der Waals surface area contributed by atoms with Gasteiger partial charge in [-0.2, -0.15) is 0 Å². The summed E-state index contributed by atoms with van der Waals surface area (Å²) in [6, 6.07) is 0. The van der Waals surface area contributed by atoms with Gasteiger partial charge < -0.3 is 9.47 Å². The van der Waals surface area contributed by atoms with Crippen LogP contribution in [0.3, 0.4) is 0 Å². The molecule has 0 radical (unpaired) electrons. The van der Waals surface area contributed by atoms with Crippen molar-refractivity contribution >= 4 is 75.7 Å². The largest absolute Gasteiger partial charge is 0.426 e. The van der Waals surface area contributed by atoms with E-state index in [1.165, 1.54) is 13.8 Å². The topological polar surface area (TPSA) is 52.6 Å². The van der Waals surface area contributed by atoms with Gasteiger partial charge in [0.05, 0.1) is 0 Å². The number of hydrogen-bond acceptors (Lipinski definition) is 4. The van der Waals surface area contributed by atoms with E-state index in [9.17, 15) is 9.59 Å². The second-order valence-electron chi connectivity index (χ2n) is 6.35. The van der Waals surface area contributed by atoms with E-state index in [0.717, 1.165) is 51.3 Å². The molecule has 4 nitrogen and oxygen atoms in total. The molecule has 0 saturated heterocycles. The summed E-state index contributed by atoms with van der Waals surface area (Å²) in [7, 11) is 0. The fourth-order valence-corrected chi connectivity index (χ4v) is 5.77. The molecule has 0 N–H and O–H groups in total. The second kappa shape index (κ2) is 8.98. The van der Waals surface area contributed by atoms with Crippen molar-refractivity contribution in [1.29, 1.82) is 0 Å². The highest BCUT2D eigenvalue weighted by atomic mass is 79.9. The molecule has 150 valence electrons. The molecular formula is C20H18Br4O4. The number of esters is 2. The zero-order chi connectivity index (χ0) is 21.5. The first-order valence-electron chi connectivity index (χ1n) is 8.23. The molecule has 8 heteroatoms. The molecule has 0 saturated carbocycles. The molecule has 2 rings (SSSR count). The van der Waals surface area contributed by atoms with Crippen LogP contribution in [0, 0.1) is 27.7 Å². The minimum absolute atomic E-state index is 0.377. The molecule has 0 aromatic heterocycles. The lowest BCUT2D eigenvalue weighted by atomic mass is 9.96. The predicted octanol–water partition coefficient (Wildman–Crippen LogP) is 7.49. The number of carbonyl (C=O) groups excluding carboxylic acids is 2. The number of hydrogen-bond donors (Lipinski definition) is 0. The van der Waals surface area contributed by atoms with Crippen molar-refractivity contribution in [3.63, 3.8) is 0 Å². The monoisotopic (exact) mass is 638 g/mol. The fourth-order valence-electron chi connectivity index (χ4n) is 2.94. The van der Waals surface area contributed by atoms with Crippen LogP contribution in [0.4, 0.5) is 0 Å². The van der Waals surface area contributed by atoms with Gasteiger partial charge in [-0.05, 0) is 91.4 Å². The Labute approximate surface area is 197 Å². The number of ether oxygens (including phenoxy) is 2. The van der Waals surface area contributed by atoms with E-state index in [-0.39, 0.29) is 11.9 Å². The Kier molecular flexibility index (Phi) is 7.56. The Hall–Kier alpha value is -0.700. The van der Waals surface area contributed by atoms with Crippen molar-refractivity contribution in [2.45, 2.75) is 41.5 Å². The zero-order valence-corrected chi connectivity index (χ0v) is 22.5. The van der Waals surface area contributed by atoms with Crippen molar-refractivity contribution in [2.24, 2.45) is 0 Å². The second-order valence-corrected chi connectivity index (χ2v) is 9.52. The van der Waals surface area contributed by atoms with E-state index in [1.807, 2.05) is 27.7 Å². The number of halogens is 4. The average Bonchev–Trinajstić information content (AvgIpc) is 2.61. The molecule has 2 aromatic carbocycles. The van der Waals surface area contributed by atoms with Crippen molar-refractivity contribution in [1.82, 2.24) is 0 Å². The number of rotatable bonds is 3. The molecular weight excluding hydrogens is 624 g/mol. The maximum atomic E-state index is 11.5. The first-order valence-corrected chi connectivity index (χ1v) is 11.4. The van der Waals surface area contributed by atoms with Gasteiger partial charge in [0.25, 0.3) is 0 Å². The summed E-state index contributed by atoms with van der Waals surface area (Å²) in [5.74, 6) is 0.287. The summed E-state index contributed by atoms with van der Waals surface area (Å²) >= 11 is 14.7. The molecule has 0 unspecified atom stereocenters. The minimum atomic E-state index is -0.377. The van der Waals surface area contributed by atoms with Gasteiger partial charge in [-0.15, -0.1) is 0 Å². The maximum absolute atomic E-state index is 11.5. The van der Waals surface area contributed by atoms with Gasteiger partial charge in [-0.25, -0.2) is 0 Å². The highest BCUT2D eigenvalue weighted by molar-refractivity contribution is 9.11. The van der Waals surface area contributed by atoms with E-state index in [4.69, 9.17) is 9.47 Å². The van der Waals surface area contributed by atoms with Crippen LogP contribution in [0.2, 0.25) is 0 Å². The third-order valence-electron chi connectivity index (χ3n) is 4.30. The van der Waals surface area contributed by atoms with Crippen molar-refractivity contribution in [3.8, 4) is 22.6 Å². The molecule has 0 aliphatic heterocycles. The van der Waals surface area contributed by atoms with E-state index >= 15 is 0 Å². The van der Waals surface area contributed by atoms with Crippen molar-refractivity contribution in [2.75, 3.05) is 0 Å². The Morgan fingerprint density at radius 1 is 0.571 bits per heavy atom.